The van der Waals surface area contributed by atoms with E-state index in [0.717, 1.165) is 24.2 Å². The predicted octanol–water partition coefficient (Wildman–Crippen LogP) is 1.62. The van der Waals surface area contributed by atoms with Crippen molar-refractivity contribution in [2.75, 3.05) is 6.54 Å². The largest absolute Gasteiger partial charge is 0.456 e. The molecule has 1 atom stereocenters. The van der Waals surface area contributed by atoms with E-state index in [0.29, 0.717) is 12.3 Å². The molecule has 1 unspecified atom stereocenters. The highest BCUT2D eigenvalue weighted by Crippen LogP contribution is 2.14. The Morgan fingerprint density at radius 1 is 1.62 bits per heavy atom. The first-order valence-electron chi connectivity index (χ1n) is 5.67. The molecule has 1 aromatic heterocycles. The molecule has 0 saturated carbocycles. The summed E-state index contributed by atoms with van der Waals surface area (Å²) in [6.45, 7) is 6.45. The summed E-state index contributed by atoms with van der Waals surface area (Å²) in [4.78, 5) is 11.7. The molecule has 0 saturated heterocycles. The number of furan rings is 1. The highest BCUT2D eigenvalue weighted by atomic mass is 16.4. The fraction of sp³-hybridized carbons (Fsp3) is 0.583. The van der Waals surface area contributed by atoms with Crippen molar-refractivity contribution in [3.05, 3.63) is 23.2 Å². The van der Waals surface area contributed by atoms with Crippen LogP contribution in [0.15, 0.2) is 10.5 Å². The van der Waals surface area contributed by atoms with Crippen molar-refractivity contribution in [1.29, 1.82) is 0 Å². The van der Waals surface area contributed by atoms with Crippen LogP contribution in [-0.4, -0.2) is 18.5 Å². The Hall–Kier alpha value is -1.29. The molecule has 90 valence electrons. The highest BCUT2D eigenvalue weighted by molar-refractivity contribution is 5.91. The van der Waals surface area contributed by atoms with Crippen LogP contribution in [0.1, 0.15) is 42.1 Å². The molecule has 0 aromatic carbocycles. The van der Waals surface area contributed by atoms with E-state index in [1.165, 1.54) is 0 Å². The third kappa shape index (κ3) is 3.38. The van der Waals surface area contributed by atoms with Gasteiger partial charge in [-0.3, -0.25) is 4.79 Å². The normalized spacial score (nSPS) is 12.5. The van der Waals surface area contributed by atoms with Crippen molar-refractivity contribution in [3.8, 4) is 0 Å². The van der Waals surface area contributed by atoms with Crippen molar-refractivity contribution in [1.82, 2.24) is 5.32 Å². The summed E-state index contributed by atoms with van der Waals surface area (Å²) in [5.41, 5.74) is 6.62. The monoisotopic (exact) mass is 224 g/mol. The first kappa shape index (κ1) is 12.8. The lowest BCUT2D eigenvalue weighted by Crippen LogP contribution is -2.28. The van der Waals surface area contributed by atoms with Crippen LogP contribution in [0.4, 0.5) is 0 Å². The molecule has 1 rings (SSSR count). The molecular weight excluding hydrogens is 204 g/mol. The fourth-order valence-electron chi connectivity index (χ4n) is 1.48. The molecule has 0 aliphatic heterocycles. The third-order valence-corrected chi connectivity index (χ3v) is 2.45. The van der Waals surface area contributed by atoms with E-state index in [1.807, 2.05) is 20.8 Å². The molecule has 0 bridgehead atoms. The van der Waals surface area contributed by atoms with E-state index in [1.54, 1.807) is 6.07 Å². The average Bonchev–Trinajstić information content (AvgIpc) is 2.59. The average molecular weight is 224 g/mol. The summed E-state index contributed by atoms with van der Waals surface area (Å²) in [5, 5.41) is 2.78. The van der Waals surface area contributed by atoms with Gasteiger partial charge in [-0.05, 0) is 31.9 Å². The van der Waals surface area contributed by atoms with Gasteiger partial charge in [-0.25, -0.2) is 0 Å². The Balaban J connectivity index is 2.52. The lowest BCUT2D eigenvalue weighted by Gasteiger charge is -2.05. The van der Waals surface area contributed by atoms with Crippen molar-refractivity contribution in [2.45, 2.75) is 39.7 Å². The molecule has 1 amide bonds. The van der Waals surface area contributed by atoms with Crippen LogP contribution in [0.3, 0.4) is 0 Å². The molecule has 0 aliphatic carbocycles. The quantitative estimate of drug-likeness (QED) is 0.798. The van der Waals surface area contributed by atoms with E-state index in [9.17, 15) is 4.79 Å². The zero-order valence-corrected chi connectivity index (χ0v) is 10.2. The van der Waals surface area contributed by atoms with Crippen LogP contribution < -0.4 is 11.1 Å². The number of amides is 1. The molecule has 0 spiro atoms. The number of nitrogens with two attached hydrogens (primary N) is 1. The smallest absolute Gasteiger partial charge is 0.287 e. The van der Waals surface area contributed by atoms with E-state index in [-0.39, 0.29) is 11.9 Å². The number of rotatable bonds is 5. The molecular formula is C12H20N2O2. The third-order valence-electron chi connectivity index (χ3n) is 2.45. The maximum atomic E-state index is 11.7. The van der Waals surface area contributed by atoms with Crippen LogP contribution in [0.2, 0.25) is 0 Å². The van der Waals surface area contributed by atoms with Crippen LogP contribution in [-0.2, 0) is 6.42 Å². The van der Waals surface area contributed by atoms with Gasteiger partial charge in [-0.15, -0.1) is 0 Å². The number of hydrogen-bond donors (Lipinski definition) is 2. The Labute approximate surface area is 96.2 Å². The maximum absolute atomic E-state index is 11.7. The molecule has 3 N–H and O–H groups in total. The Bertz CT molecular complexity index is 356. The van der Waals surface area contributed by atoms with Crippen molar-refractivity contribution in [3.63, 3.8) is 0 Å². The summed E-state index contributed by atoms with van der Waals surface area (Å²) in [5.74, 6) is 1.10. The number of hydrogen-bond acceptors (Lipinski definition) is 3. The fourth-order valence-corrected chi connectivity index (χ4v) is 1.48. The Morgan fingerprint density at radius 3 is 2.81 bits per heavy atom. The van der Waals surface area contributed by atoms with Crippen molar-refractivity contribution >= 4 is 5.91 Å². The summed E-state index contributed by atoms with van der Waals surface area (Å²) >= 11 is 0. The minimum Gasteiger partial charge on any atom is -0.456 e. The molecule has 4 nitrogen and oxygen atoms in total. The van der Waals surface area contributed by atoms with E-state index < -0.39 is 0 Å². The van der Waals surface area contributed by atoms with Crippen LogP contribution in [0.5, 0.6) is 0 Å². The summed E-state index contributed by atoms with van der Waals surface area (Å²) in [7, 11) is 0. The van der Waals surface area contributed by atoms with Gasteiger partial charge in [0.05, 0.1) is 0 Å². The van der Waals surface area contributed by atoms with E-state index >= 15 is 0 Å². The number of carbonyl (C=O) groups excluding carboxylic acids is 1. The zero-order chi connectivity index (χ0) is 12.1. The molecule has 1 heterocycles. The second kappa shape index (κ2) is 5.70. The Kier molecular flexibility index (Phi) is 4.55. The van der Waals surface area contributed by atoms with E-state index in [2.05, 4.69) is 5.32 Å². The highest BCUT2D eigenvalue weighted by Gasteiger charge is 2.12. The molecule has 16 heavy (non-hydrogen) atoms. The SMILES string of the molecule is CCc1oc(C(=O)NCCC(C)N)cc1C. The van der Waals surface area contributed by atoms with Crippen LogP contribution in [0, 0.1) is 6.92 Å². The minimum absolute atomic E-state index is 0.102. The van der Waals surface area contributed by atoms with Gasteiger partial charge in [0.25, 0.3) is 5.91 Å². The first-order chi connectivity index (χ1) is 7.54. The molecule has 1 aromatic rings. The second-order valence-electron chi connectivity index (χ2n) is 4.09. The van der Waals surface area contributed by atoms with Gasteiger partial charge in [0.2, 0.25) is 0 Å². The number of aryl methyl sites for hydroxylation is 2. The topological polar surface area (TPSA) is 68.3 Å². The molecule has 0 radical (unpaired) electrons. The van der Waals surface area contributed by atoms with Crippen molar-refractivity contribution < 1.29 is 9.21 Å². The standard InChI is InChI=1S/C12H20N2O2/c1-4-10-8(2)7-11(16-10)12(15)14-6-5-9(3)13/h7,9H,4-6,13H2,1-3H3,(H,14,15). The minimum atomic E-state index is -0.163. The summed E-state index contributed by atoms with van der Waals surface area (Å²) < 4.78 is 5.44. The number of nitrogens with one attached hydrogen (secondary N) is 1. The van der Waals surface area contributed by atoms with Crippen molar-refractivity contribution in [2.24, 2.45) is 5.73 Å². The Morgan fingerprint density at radius 2 is 2.31 bits per heavy atom. The molecule has 0 aliphatic rings. The summed E-state index contributed by atoms with van der Waals surface area (Å²) in [6.07, 6.45) is 1.57. The van der Waals surface area contributed by atoms with Gasteiger partial charge < -0.3 is 15.5 Å². The predicted molar refractivity (Wildman–Crippen MR) is 63.4 cm³/mol. The van der Waals surface area contributed by atoms with Gasteiger partial charge in [-0.2, -0.15) is 0 Å². The lowest BCUT2D eigenvalue weighted by molar-refractivity contribution is 0.0923. The molecule has 0 fully saturated rings. The van der Waals surface area contributed by atoms with Crippen LogP contribution in [0.25, 0.3) is 0 Å². The first-order valence-corrected chi connectivity index (χ1v) is 5.67. The van der Waals surface area contributed by atoms with Gasteiger partial charge in [-0.1, -0.05) is 6.92 Å². The molecule has 4 heteroatoms. The summed E-state index contributed by atoms with van der Waals surface area (Å²) in [6, 6.07) is 1.88. The number of carbonyl (C=O) groups is 1. The van der Waals surface area contributed by atoms with Crippen LogP contribution >= 0.6 is 0 Å². The second-order valence-corrected chi connectivity index (χ2v) is 4.09. The lowest BCUT2D eigenvalue weighted by atomic mass is 10.2. The zero-order valence-electron chi connectivity index (χ0n) is 10.2. The van der Waals surface area contributed by atoms with Gasteiger partial charge in [0.15, 0.2) is 5.76 Å². The van der Waals surface area contributed by atoms with Gasteiger partial charge >= 0.3 is 0 Å². The van der Waals surface area contributed by atoms with Gasteiger partial charge in [0.1, 0.15) is 5.76 Å². The van der Waals surface area contributed by atoms with E-state index in [4.69, 9.17) is 10.2 Å². The maximum Gasteiger partial charge on any atom is 0.287 e. The van der Waals surface area contributed by atoms with Gasteiger partial charge in [0, 0.05) is 19.0 Å².